The Morgan fingerprint density at radius 3 is 1.91 bits per heavy atom. The van der Waals surface area contributed by atoms with Crippen molar-refractivity contribution in [3.05, 3.63) is 42.6 Å². The van der Waals surface area contributed by atoms with Gasteiger partial charge in [-0.15, -0.1) is 0 Å². The molecule has 1 fully saturated rings. The number of hydrogen-bond acceptors (Lipinski definition) is 5. The van der Waals surface area contributed by atoms with Crippen LogP contribution in [0, 0.1) is 22.7 Å². The normalized spacial score (nSPS) is 18.2. The van der Waals surface area contributed by atoms with Gasteiger partial charge in [0.25, 0.3) is 0 Å². The molecule has 43 heavy (non-hydrogen) atoms. The number of benzene rings is 1. The van der Waals surface area contributed by atoms with Gasteiger partial charge in [-0.05, 0) is 74.9 Å². The maximum absolute atomic E-state index is 12.9. The third-order valence-electron chi connectivity index (χ3n) is 9.14. The van der Waals surface area contributed by atoms with Gasteiger partial charge in [-0.25, -0.2) is 0 Å². The molecule has 5 nitrogen and oxygen atoms in total. The van der Waals surface area contributed by atoms with Crippen molar-refractivity contribution in [3.63, 3.8) is 0 Å². The SMILES string of the molecule is CCCCCCCCCCOc1ccc(-c2ccc(OC(=O)[C@H]3CC[C@@](C#N)(CCCCCCCCC)CC3)cc2)nc1. The topological polar surface area (TPSA) is 72.2 Å². The van der Waals surface area contributed by atoms with Crippen LogP contribution in [-0.2, 0) is 4.79 Å². The number of carbonyl (C=O) groups is 1. The van der Waals surface area contributed by atoms with E-state index >= 15 is 0 Å². The minimum absolute atomic E-state index is 0.129. The monoisotopic (exact) mass is 588 g/mol. The van der Waals surface area contributed by atoms with Crippen LogP contribution in [0.15, 0.2) is 42.6 Å². The van der Waals surface area contributed by atoms with E-state index in [2.05, 4.69) is 24.9 Å². The summed E-state index contributed by atoms with van der Waals surface area (Å²) < 4.78 is 11.6. The van der Waals surface area contributed by atoms with Crippen molar-refractivity contribution in [3.8, 4) is 28.8 Å². The lowest BCUT2D eigenvalue weighted by Gasteiger charge is -2.34. The van der Waals surface area contributed by atoms with Crippen LogP contribution in [0.3, 0.4) is 0 Å². The lowest BCUT2D eigenvalue weighted by atomic mass is 9.69. The number of unbranched alkanes of at least 4 members (excludes halogenated alkanes) is 13. The molecule has 0 bridgehead atoms. The second-order valence-corrected chi connectivity index (χ2v) is 12.7. The van der Waals surface area contributed by atoms with Crippen LogP contribution in [0.1, 0.15) is 142 Å². The third-order valence-corrected chi connectivity index (χ3v) is 9.14. The number of nitrogens with zero attached hydrogens (tertiary/aromatic N) is 2. The first-order chi connectivity index (χ1) is 21.1. The van der Waals surface area contributed by atoms with Crippen LogP contribution in [0.2, 0.25) is 0 Å². The fourth-order valence-electron chi connectivity index (χ4n) is 6.20. The van der Waals surface area contributed by atoms with E-state index in [0.29, 0.717) is 5.75 Å². The maximum atomic E-state index is 12.9. The molecule has 2 aromatic rings. The summed E-state index contributed by atoms with van der Waals surface area (Å²) in [7, 11) is 0. The van der Waals surface area contributed by atoms with Crippen molar-refractivity contribution in [2.75, 3.05) is 6.61 Å². The van der Waals surface area contributed by atoms with Crippen LogP contribution in [-0.4, -0.2) is 17.6 Å². The Kier molecular flexibility index (Phi) is 16.2. The van der Waals surface area contributed by atoms with E-state index in [9.17, 15) is 10.1 Å². The Balaban J connectivity index is 1.35. The van der Waals surface area contributed by atoms with Crippen molar-refractivity contribution in [1.29, 1.82) is 5.26 Å². The van der Waals surface area contributed by atoms with Gasteiger partial charge in [0.15, 0.2) is 0 Å². The number of hydrogen-bond donors (Lipinski definition) is 0. The van der Waals surface area contributed by atoms with E-state index in [-0.39, 0.29) is 17.3 Å². The van der Waals surface area contributed by atoms with Crippen molar-refractivity contribution >= 4 is 5.97 Å². The highest BCUT2D eigenvalue weighted by Gasteiger charge is 2.38. The molecule has 1 heterocycles. The number of rotatable bonds is 21. The number of esters is 1. The highest BCUT2D eigenvalue weighted by molar-refractivity contribution is 5.75. The second kappa shape index (κ2) is 20.2. The van der Waals surface area contributed by atoms with Crippen molar-refractivity contribution < 1.29 is 14.3 Å². The van der Waals surface area contributed by atoms with Gasteiger partial charge in [0.1, 0.15) is 11.5 Å². The average Bonchev–Trinajstić information content (AvgIpc) is 3.04. The zero-order valence-corrected chi connectivity index (χ0v) is 27.1. The summed E-state index contributed by atoms with van der Waals surface area (Å²) in [4.78, 5) is 17.5. The smallest absolute Gasteiger partial charge is 0.314 e. The molecule has 0 amide bonds. The highest BCUT2D eigenvalue weighted by Crippen LogP contribution is 2.43. The van der Waals surface area contributed by atoms with E-state index < -0.39 is 0 Å². The molecule has 0 N–H and O–H groups in total. The molecule has 236 valence electrons. The quantitative estimate of drug-likeness (QED) is 0.0824. The molecule has 0 radical (unpaired) electrons. The van der Waals surface area contributed by atoms with E-state index in [1.807, 2.05) is 36.4 Å². The predicted molar refractivity (Wildman–Crippen MR) is 176 cm³/mol. The first-order valence-corrected chi connectivity index (χ1v) is 17.4. The lowest BCUT2D eigenvalue weighted by molar-refractivity contribution is -0.140. The van der Waals surface area contributed by atoms with Crippen molar-refractivity contribution in [2.24, 2.45) is 11.3 Å². The van der Waals surface area contributed by atoms with E-state index in [4.69, 9.17) is 9.47 Å². The Morgan fingerprint density at radius 1 is 0.791 bits per heavy atom. The molecule has 0 spiro atoms. The van der Waals surface area contributed by atoms with Gasteiger partial charge in [-0.2, -0.15) is 5.26 Å². The molecular formula is C38H56N2O3. The van der Waals surface area contributed by atoms with Crippen LogP contribution >= 0.6 is 0 Å². The standard InChI is InChI=1S/C38H56N2O3/c1-3-5-7-9-11-13-15-17-29-42-35-22-23-36(40-30-35)32-18-20-34(21-19-32)43-37(41)33-24-27-38(31-39,28-25-33)26-16-14-12-10-8-6-4-2/h18-23,30,33H,3-17,24-29H2,1-2H3/t33-,38-. The molecule has 5 heteroatoms. The Labute approximate surface area is 261 Å². The Hall–Kier alpha value is -2.87. The van der Waals surface area contributed by atoms with Gasteiger partial charge in [-0.3, -0.25) is 9.78 Å². The van der Waals surface area contributed by atoms with E-state index in [1.165, 1.54) is 83.5 Å². The first kappa shape index (κ1) is 34.6. The molecule has 1 aliphatic carbocycles. The highest BCUT2D eigenvalue weighted by atomic mass is 16.5. The molecule has 0 atom stereocenters. The third kappa shape index (κ3) is 12.7. The number of carbonyl (C=O) groups excluding carboxylic acids is 1. The first-order valence-electron chi connectivity index (χ1n) is 17.4. The van der Waals surface area contributed by atoms with Gasteiger partial charge in [-0.1, -0.05) is 104 Å². The molecule has 1 saturated carbocycles. The molecule has 3 rings (SSSR count). The fourth-order valence-corrected chi connectivity index (χ4v) is 6.20. The van der Waals surface area contributed by atoms with E-state index in [0.717, 1.165) is 68.6 Å². The molecule has 1 aliphatic rings. The van der Waals surface area contributed by atoms with Crippen LogP contribution in [0.4, 0.5) is 0 Å². The van der Waals surface area contributed by atoms with Gasteiger partial charge < -0.3 is 9.47 Å². The molecule has 0 unspecified atom stereocenters. The summed E-state index contributed by atoms with van der Waals surface area (Å²) in [6, 6.07) is 14.1. The lowest BCUT2D eigenvalue weighted by Crippen LogP contribution is -2.31. The van der Waals surface area contributed by atoms with Gasteiger partial charge in [0.05, 0.1) is 35.9 Å². The molecule has 0 saturated heterocycles. The predicted octanol–water partition coefficient (Wildman–Crippen LogP) is 11.0. The number of pyridine rings is 1. The average molecular weight is 589 g/mol. The molecule has 0 aliphatic heterocycles. The number of aromatic nitrogens is 1. The summed E-state index contributed by atoms with van der Waals surface area (Å²) in [5.41, 5.74) is 1.57. The number of ether oxygens (including phenoxy) is 2. The molecule has 1 aromatic heterocycles. The maximum Gasteiger partial charge on any atom is 0.314 e. The molecule has 1 aromatic carbocycles. The van der Waals surface area contributed by atoms with Crippen molar-refractivity contribution in [2.45, 2.75) is 142 Å². The van der Waals surface area contributed by atoms with Gasteiger partial charge in [0.2, 0.25) is 0 Å². The Morgan fingerprint density at radius 2 is 1.35 bits per heavy atom. The van der Waals surface area contributed by atoms with Crippen molar-refractivity contribution in [1.82, 2.24) is 4.98 Å². The Bertz CT molecular complexity index is 1070. The zero-order chi connectivity index (χ0) is 30.6. The number of nitriles is 1. The largest absolute Gasteiger partial charge is 0.492 e. The summed E-state index contributed by atoms with van der Waals surface area (Å²) >= 11 is 0. The fraction of sp³-hybridized carbons (Fsp3) is 0.658. The van der Waals surface area contributed by atoms with Crippen LogP contribution in [0.25, 0.3) is 11.3 Å². The van der Waals surface area contributed by atoms with Gasteiger partial charge in [0, 0.05) is 5.56 Å². The summed E-state index contributed by atoms with van der Waals surface area (Å²) in [5, 5.41) is 9.93. The minimum atomic E-state index is -0.261. The summed E-state index contributed by atoms with van der Waals surface area (Å²) in [5.74, 6) is 1.05. The van der Waals surface area contributed by atoms with E-state index in [1.54, 1.807) is 6.20 Å². The van der Waals surface area contributed by atoms with Gasteiger partial charge >= 0.3 is 5.97 Å². The molecular weight excluding hydrogens is 532 g/mol. The van der Waals surface area contributed by atoms with Crippen LogP contribution < -0.4 is 9.47 Å². The summed E-state index contributed by atoms with van der Waals surface area (Å²) in [6.07, 6.45) is 24.9. The minimum Gasteiger partial charge on any atom is -0.492 e. The second-order valence-electron chi connectivity index (χ2n) is 12.7. The zero-order valence-electron chi connectivity index (χ0n) is 27.1. The summed E-state index contributed by atoms with van der Waals surface area (Å²) in [6.45, 7) is 5.23. The van der Waals surface area contributed by atoms with Crippen LogP contribution in [0.5, 0.6) is 11.5 Å².